The van der Waals surface area contributed by atoms with E-state index in [1.54, 1.807) is 19.3 Å². The number of aliphatic hydroxyl groups is 1. The molecule has 0 saturated carbocycles. The summed E-state index contributed by atoms with van der Waals surface area (Å²) in [4.78, 5) is 33.0. The lowest BCUT2D eigenvalue weighted by Crippen LogP contribution is -2.57. The molecule has 3 rings (SSSR count). The molecule has 3 heterocycles. The van der Waals surface area contributed by atoms with Crippen molar-refractivity contribution in [1.82, 2.24) is 19.9 Å². The van der Waals surface area contributed by atoms with Gasteiger partial charge in [0.15, 0.2) is 17.4 Å². The summed E-state index contributed by atoms with van der Waals surface area (Å²) < 4.78 is 0. The zero-order valence-corrected chi connectivity index (χ0v) is 15.5. The summed E-state index contributed by atoms with van der Waals surface area (Å²) in [7, 11) is 0. The van der Waals surface area contributed by atoms with Gasteiger partial charge in [-0.15, -0.1) is 0 Å². The number of carbonyl (C=O) groups excluding carboxylic acids is 1. The van der Waals surface area contributed by atoms with Crippen molar-refractivity contribution in [2.45, 2.75) is 45.9 Å². The van der Waals surface area contributed by atoms with Crippen LogP contribution in [0.15, 0.2) is 24.5 Å². The molecule has 1 saturated heterocycles. The third-order valence-corrected chi connectivity index (χ3v) is 4.50. The molecule has 2 aromatic rings. The number of anilines is 2. The van der Waals surface area contributed by atoms with Gasteiger partial charge in [-0.05, 0) is 32.9 Å². The number of Topliss-reactive ketones (excluding diaryl/α,β-unsaturated/α-hetero) is 1. The van der Waals surface area contributed by atoms with Gasteiger partial charge in [0.05, 0.1) is 0 Å². The minimum Gasteiger partial charge on any atom is -0.385 e. The first kappa shape index (κ1) is 18.2. The molecule has 3 atom stereocenters. The molecule has 0 spiro atoms. The van der Waals surface area contributed by atoms with Crippen LogP contribution in [0, 0.1) is 0 Å². The van der Waals surface area contributed by atoms with Gasteiger partial charge in [-0.2, -0.15) is 0 Å². The number of nitrogens with zero attached hydrogens (tertiary/aromatic N) is 6. The highest BCUT2D eigenvalue weighted by atomic mass is 16.3. The van der Waals surface area contributed by atoms with Gasteiger partial charge in [-0.25, -0.2) is 19.9 Å². The Balaban J connectivity index is 1.82. The molecule has 0 amide bonds. The molecule has 8 nitrogen and oxygen atoms in total. The second-order valence-corrected chi connectivity index (χ2v) is 6.75. The fourth-order valence-corrected chi connectivity index (χ4v) is 3.37. The first-order valence-electron chi connectivity index (χ1n) is 8.75. The number of carbonyl (C=O) groups is 1. The Morgan fingerprint density at radius 3 is 2.35 bits per heavy atom. The van der Waals surface area contributed by atoms with Crippen molar-refractivity contribution in [2.24, 2.45) is 0 Å². The highest BCUT2D eigenvalue weighted by molar-refractivity contribution is 5.90. The number of aromatic nitrogens is 4. The van der Waals surface area contributed by atoms with E-state index in [9.17, 15) is 9.90 Å². The SMILES string of the molecule is CC(=O)c1nccc(N2[C@H](C)CN(c3ccnc([C@@H](C)O)n3)C[C@@H]2C)n1. The lowest BCUT2D eigenvalue weighted by Gasteiger charge is -2.45. The molecule has 0 radical (unpaired) electrons. The highest BCUT2D eigenvalue weighted by Crippen LogP contribution is 2.25. The Morgan fingerprint density at radius 2 is 1.73 bits per heavy atom. The Labute approximate surface area is 152 Å². The lowest BCUT2D eigenvalue weighted by atomic mass is 10.1. The standard InChI is InChI=1S/C18H24N6O2/c1-11-9-23(15-5-7-19-17(21-15)13(3)25)10-12(2)24(11)16-6-8-20-18(22-16)14(4)26/h5-8,11-13,25H,9-10H2,1-4H3/t11-,12+,13-/m1/s1. The van der Waals surface area contributed by atoms with Gasteiger partial charge in [-0.3, -0.25) is 4.79 Å². The van der Waals surface area contributed by atoms with E-state index in [2.05, 4.69) is 43.6 Å². The largest absolute Gasteiger partial charge is 0.385 e. The zero-order chi connectivity index (χ0) is 18.8. The van der Waals surface area contributed by atoms with E-state index >= 15 is 0 Å². The molecule has 1 aliphatic rings. The quantitative estimate of drug-likeness (QED) is 0.826. The maximum absolute atomic E-state index is 11.6. The minimum atomic E-state index is -0.697. The summed E-state index contributed by atoms with van der Waals surface area (Å²) in [5.41, 5.74) is 0. The van der Waals surface area contributed by atoms with E-state index in [0.29, 0.717) is 5.82 Å². The Hall–Kier alpha value is -2.61. The summed E-state index contributed by atoms with van der Waals surface area (Å²) in [5, 5.41) is 9.72. The van der Waals surface area contributed by atoms with Crippen LogP contribution in [-0.2, 0) is 0 Å². The van der Waals surface area contributed by atoms with Gasteiger partial charge >= 0.3 is 0 Å². The van der Waals surface area contributed by atoms with E-state index in [4.69, 9.17) is 0 Å². The van der Waals surface area contributed by atoms with Crippen LogP contribution in [0.5, 0.6) is 0 Å². The van der Waals surface area contributed by atoms with Crippen molar-refractivity contribution in [3.8, 4) is 0 Å². The first-order chi connectivity index (χ1) is 12.4. The number of rotatable bonds is 4. The number of hydrogen-bond donors (Lipinski definition) is 1. The summed E-state index contributed by atoms with van der Waals surface area (Å²) in [6.45, 7) is 8.87. The Kier molecular flexibility index (Phi) is 5.13. The zero-order valence-electron chi connectivity index (χ0n) is 15.5. The predicted octanol–water partition coefficient (Wildman–Crippen LogP) is 1.63. The molecular formula is C18H24N6O2. The Bertz CT molecular complexity index is 785. The predicted molar refractivity (Wildman–Crippen MR) is 98.3 cm³/mol. The van der Waals surface area contributed by atoms with Crippen LogP contribution in [0.25, 0.3) is 0 Å². The topological polar surface area (TPSA) is 95.3 Å². The highest BCUT2D eigenvalue weighted by Gasteiger charge is 2.31. The molecule has 0 unspecified atom stereocenters. The molecular weight excluding hydrogens is 332 g/mol. The summed E-state index contributed by atoms with van der Waals surface area (Å²) in [6.07, 6.45) is 2.61. The molecule has 8 heteroatoms. The summed E-state index contributed by atoms with van der Waals surface area (Å²) in [6, 6.07) is 4.03. The molecule has 1 N–H and O–H groups in total. The monoisotopic (exact) mass is 356 g/mol. The number of aliphatic hydroxyl groups excluding tert-OH is 1. The minimum absolute atomic E-state index is 0.141. The molecule has 1 fully saturated rings. The average molecular weight is 356 g/mol. The molecule has 26 heavy (non-hydrogen) atoms. The average Bonchev–Trinajstić information content (AvgIpc) is 2.61. The molecule has 1 aliphatic heterocycles. The molecule has 0 aliphatic carbocycles. The van der Waals surface area contributed by atoms with Gasteiger partial charge in [-0.1, -0.05) is 0 Å². The van der Waals surface area contributed by atoms with Crippen LogP contribution < -0.4 is 9.80 Å². The third-order valence-electron chi connectivity index (χ3n) is 4.50. The van der Waals surface area contributed by atoms with Crippen LogP contribution in [0.1, 0.15) is 50.2 Å². The number of hydrogen-bond acceptors (Lipinski definition) is 8. The van der Waals surface area contributed by atoms with Crippen molar-refractivity contribution < 1.29 is 9.90 Å². The van der Waals surface area contributed by atoms with Crippen molar-refractivity contribution in [3.05, 3.63) is 36.2 Å². The molecule has 0 bridgehead atoms. The van der Waals surface area contributed by atoms with E-state index in [-0.39, 0.29) is 23.7 Å². The first-order valence-corrected chi connectivity index (χ1v) is 8.75. The second kappa shape index (κ2) is 7.33. The van der Waals surface area contributed by atoms with Gasteiger partial charge < -0.3 is 14.9 Å². The van der Waals surface area contributed by atoms with E-state index in [0.717, 1.165) is 24.7 Å². The smallest absolute Gasteiger partial charge is 0.197 e. The van der Waals surface area contributed by atoms with Gasteiger partial charge in [0.2, 0.25) is 0 Å². The normalized spacial score (nSPS) is 21.6. The van der Waals surface area contributed by atoms with Crippen LogP contribution >= 0.6 is 0 Å². The Morgan fingerprint density at radius 1 is 1.12 bits per heavy atom. The summed E-state index contributed by atoms with van der Waals surface area (Å²) in [5.74, 6) is 2.09. The van der Waals surface area contributed by atoms with Crippen molar-refractivity contribution >= 4 is 17.4 Å². The second-order valence-electron chi connectivity index (χ2n) is 6.75. The van der Waals surface area contributed by atoms with E-state index in [1.165, 1.54) is 6.92 Å². The molecule has 2 aromatic heterocycles. The maximum atomic E-state index is 11.6. The molecule has 0 aromatic carbocycles. The van der Waals surface area contributed by atoms with E-state index < -0.39 is 6.10 Å². The van der Waals surface area contributed by atoms with Crippen molar-refractivity contribution in [2.75, 3.05) is 22.9 Å². The number of piperazine rings is 1. The van der Waals surface area contributed by atoms with Crippen LogP contribution in [0.3, 0.4) is 0 Å². The fraction of sp³-hybridized carbons (Fsp3) is 0.500. The van der Waals surface area contributed by atoms with Gasteiger partial charge in [0.1, 0.15) is 17.7 Å². The third kappa shape index (κ3) is 3.65. The summed E-state index contributed by atoms with van der Waals surface area (Å²) >= 11 is 0. The number of ketones is 1. The molecule has 138 valence electrons. The van der Waals surface area contributed by atoms with Crippen molar-refractivity contribution in [3.63, 3.8) is 0 Å². The van der Waals surface area contributed by atoms with Crippen LogP contribution in [-0.4, -0.2) is 56.0 Å². The van der Waals surface area contributed by atoms with E-state index in [1.807, 2.05) is 12.1 Å². The van der Waals surface area contributed by atoms with Crippen LogP contribution in [0.2, 0.25) is 0 Å². The maximum Gasteiger partial charge on any atom is 0.197 e. The van der Waals surface area contributed by atoms with Gasteiger partial charge in [0.25, 0.3) is 0 Å². The van der Waals surface area contributed by atoms with Crippen LogP contribution in [0.4, 0.5) is 11.6 Å². The lowest BCUT2D eigenvalue weighted by molar-refractivity contribution is 0.100. The van der Waals surface area contributed by atoms with Gasteiger partial charge in [0, 0.05) is 44.5 Å². The fourth-order valence-electron chi connectivity index (χ4n) is 3.37. The van der Waals surface area contributed by atoms with Crippen molar-refractivity contribution in [1.29, 1.82) is 0 Å².